The van der Waals surface area contributed by atoms with Crippen LogP contribution >= 0.6 is 0 Å². The molecule has 9 heteroatoms. The number of imidazole rings is 1. The number of nitrogens with zero attached hydrogens (tertiary/aromatic N) is 2. The second-order valence-corrected chi connectivity index (χ2v) is 6.64. The molecule has 1 aromatic heterocycles. The minimum Gasteiger partial charge on any atom is -0.495 e. The molecule has 1 heterocycles. The molecule has 0 N–H and O–H groups in total. The Morgan fingerprint density at radius 3 is 2.39 bits per heavy atom. The number of alkyl halides is 3. The Kier molecular flexibility index (Phi) is 6.01. The predicted octanol–water partition coefficient (Wildman–Crippen LogP) is 4.44. The lowest BCUT2D eigenvalue weighted by Gasteiger charge is -2.28. The highest BCUT2D eigenvalue weighted by molar-refractivity contribution is 5.50. The number of halogens is 4. The van der Waals surface area contributed by atoms with Crippen molar-refractivity contribution >= 4 is 6.15 Å². The van der Waals surface area contributed by atoms with Crippen molar-refractivity contribution in [3.8, 4) is 11.4 Å². The molecule has 0 atom stereocenters. The largest absolute Gasteiger partial charge is 0.495 e. The summed E-state index contributed by atoms with van der Waals surface area (Å²) in [5, 5.41) is 0. The molecule has 0 bridgehead atoms. The van der Waals surface area contributed by atoms with Crippen LogP contribution in [0.3, 0.4) is 0 Å². The summed E-state index contributed by atoms with van der Waals surface area (Å²) < 4.78 is 82.4. The number of methoxy groups -OCH3 is 1. The van der Waals surface area contributed by atoms with Gasteiger partial charge in [0.15, 0.2) is 0 Å². The summed E-state index contributed by atoms with van der Waals surface area (Å²) in [4.78, 5) is 20.3. The SMILES string of the molecule is O=C=O.[2H]C([2H])([2H])Oc1cc(CC(C)(C)C(F)(F)F)ccc1-n1c(CC)nc(C)c1F. The molecule has 0 spiro atoms. The van der Waals surface area contributed by atoms with Crippen molar-refractivity contribution in [3.05, 3.63) is 41.2 Å². The Bertz CT molecular complexity index is 948. The smallest absolute Gasteiger partial charge is 0.394 e. The summed E-state index contributed by atoms with van der Waals surface area (Å²) in [5.74, 6) is -0.578. The highest BCUT2D eigenvalue weighted by atomic mass is 19.4. The molecule has 0 aliphatic carbocycles. The lowest BCUT2D eigenvalue weighted by Crippen LogP contribution is -2.34. The second kappa shape index (κ2) is 9.01. The molecule has 0 radical (unpaired) electrons. The number of rotatable bonds is 5. The molecule has 0 saturated carbocycles. The van der Waals surface area contributed by atoms with Gasteiger partial charge in [0.05, 0.1) is 27.9 Å². The summed E-state index contributed by atoms with van der Waals surface area (Å²) in [6, 6.07) is 3.97. The third kappa shape index (κ3) is 4.98. The van der Waals surface area contributed by atoms with Crippen molar-refractivity contribution < 1.29 is 36.0 Å². The van der Waals surface area contributed by atoms with Gasteiger partial charge < -0.3 is 4.74 Å². The molecule has 154 valence electrons. The maximum Gasteiger partial charge on any atom is 0.394 e. The Labute approximate surface area is 164 Å². The van der Waals surface area contributed by atoms with E-state index in [-0.39, 0.29) is 35.3 Å². The Morgan fingerprint density at radius 1 is 1.29 bits per heavy atom. The van der Waals surface area contributed by atoms with Crippen molar-refractivity contribution in [2.45, 2.75) is 46.7 Å². The van der Waals surface area contributed by atoms with Crippen LogP contribution in [0.5, 0.6) is 5.75 Å². The molecule has 0 fully saturated rings. The fourth-order valence-electron chi connectivity index (χ4n) is 2.59. The zero-order valence-corrected chi connectivity index (χ0v) is 15.8. The summed E-state index contributed by atoms with van der Waals surface area (Å²) in [5.41, 5.74) is -1.61. The van der Waals surface area contributed by atoms with Crippen LogP contribution in [-0.4, -0.2) is 28.9 Å². The molecule has 2 aromatic rings. The van der Waals surface area contributed by atoms with Gasteiger partial charge in [-0.2, -0.15) is 27.2 Å². The summed E-state index contributed by atoms with van der Waals surface area (Å²) in [6.45, 7) is 5.33. The first-order chi connectivity index (χ1) is 14.1. The summed E-state index contributed by atoms with van der Waals surface area (Å²) in [7, 11) is -2.86. The first-order valence-electron chi connectivity index (χ1n) is 9.70. The van der Waals surface area contributed by atoms with Crippen molar-refractivity contribution in [1.82, 2.24) is 9.55 Å². The van der Waals surface area contributed by atoms with Crippen molar-refractivity contribution in [3.63, 3.8) is 0 Å². The van der Waals surface area contributed by atoms with Gasteiger partial charge >= 0.3 is 12.3 Å². The Balaban J connectivity index is 0.00000151. The maximum atomic E-state index is 14.6. The van der Waals surface area contributed by atoms with Crippen LogP contribution in [0.1, 0.15) is 42.0 Å². The number of aryl methyl sites for hydroxylation is 2. The first kappa shape index (κ1) is 18.7. The normalized spacial score (nSPS) is 13.5. The lowest BCUT2D eigenvalue weighted by atomic mass is 9.85. The number of aromatic nitrogens is 2. The van der Waals surface area contributed by atoms with Crippen molar-refractivity contribution in [2.24, 2.45) is 5.41 Å². The minimum atomic E-state index is -4.44. The summed E-state index contributed by atoms with van der Waals surface area (Å²) >= 11 is 0. The van der Waals surface area contributed by atoms with E-state index in [1.807, 2.05) is 0 Å². The van der Waals surface area contributed by atoms with Crippen molar-refractivity contribution in [2.75, 3.05) is 7.04 Å². The zero-order chi connectivity index (χ0) is 24.2. The van der Waals surface area contributed by atoms with Gasteiger partial charge in [0.1, 0.15) is 11.6 Å². The van der Waals surface area contributed by atoms with E-state index in [2.05, 4.69) is 4.98 Å². The number of hydrogen-bond donors (Lipinski definition) is 0. The van der Waals surface area contributed by atoms with Gasteiger partial charge in [-0.1, -0.05) is 26.8 Å². The Hall–Kier alpha value is -2.67. The fraction of sp³-hybridized carbons (Fsp3) is 0.474. The molecular weight excluding hydrogens is 380 g/mol. The molecule has 28 heavy (non-hydrogen) atoms. The van der Waals surface area contributed by atoms with Crippen LogP contribution < -0.4 is 4.74 Å². The first-order valence-corrected chi connectivity index (χ1v) is 8.20. The van der Waals surface area contributed by atoms with Crippen LogP contribution in [0.25, 0.3) is 5.69 Å². The highest BCUT2D eigenvalue weighted by Gasteiger charge is 2.47. The number of hydrogen-bond acceptors (Lipinski definition) is 4. The predicted molar refractivity (Wildman–Crippen MR) is 92.7 cm³/mol. The average Bonchev–Trinajstić information content (AvgIpc) is 2.88. The second-order valence-electron chi connectivity index (χ2n) is 6.64. The van der Waals surface area contributed by atoms with Crippen molar-refractivity contribution in [1.29, 1.82) is 0 Å². The van der Waals surface area contributed by atoms with E-state index in [0.717, 1.165) is 18.4 Å². The quantitative estimate of drug-likeness (QED) is 0.690. The van der Waals surface area contributed by atoms with Gasteiger partial charge in [-0.15, -0.1) is 0 Å². The molecular formula is C19H22F4N2O3. The molecule has 0 aliphatic heterocycles. The van der Waals surface area contributed by atoms with E-state index in [1.165, 1.54) is 25.1 Å². The van der Waals surface area contributed by atoms with Crippen LogP contribution in [0.4, 0.5) is 17.6 Å². The van der Waals surface area contributed by atoms with E-state index < -0.39 is 24.6 Å². The lowest BCUT2D eigenvalue weighted by molar-refractivity contribution is -0.211. The van der Waals surface area contributed by atoms with E-state index in [1.54, 1.807) is 6.92 Å². The van der Waals surface area contributed by atoms with Crippen LogP contribution in [-0.2, 0) is 22.4 Å². The monoisotopic (exact) mass is 405 g/mol. The number of carbonyl (C=O) groups excluding carboxylic acids is 2. The molecule has 0 saturated heterocycles. The molecule has 0 amide bonds. The van der Waals surface area contributed by atoms with Gasteiger partial charge in [-0.3, -0.25) is 4.57 Å². The zero-order valence-electron chi connectivity index (χ0n) is 18.8. The van der Waals surface area contributed by atoms with Gasteiger partial charge in [-0.25, -0.2) is 4.98 Å². The third-order valence-corrected chi connectivity index (χ3v) is 4.15. The van der Waals surface area contributed by atoms with Gasteiger partial charge in [-0.05, 0) is 31.0 Å². The molecule has 2 rings (SSSR count). The summed E-state index contributed by atoms with van der Waals surface area (Å²) in [6.07, 6.45) is -4.22. The van der Waals surface area contributed by atoms with Gasteiger partial charge in [0, 0.05) is 6.42 Å². The molecule has 0 unspecified atom stereocenters. The topological polar surface area (TPSA) is 61.2 Å². The number of ether oxygens (including phenoxy) is 1. The van der Waals surface area contributed by atoms with E-state index >= 15 is 0 Å². The molecule has 5 nitrogen and oxygen atoms in total. The Morgan fingerprint density at radius 2 is 1.89 bits per heavy atom. The number of benzene rings is 1. The van der Waals surface area contributed by atoms with E-state index in [9.17, 15) is 17.6 Å². The van der Waals surface area contributed by atoms with E-state index in [0.29, 0.717) is 12.2 Å². The molecule has 1 aromatic carbocycles. The van der Waals surface area contributed by atoms with Gasteiger partial charge in [0.25, 0.3) is 0 Å². The maximum absolute atomic E-state index is 14.6. The van der Waals surface area contributed by atoms with Crippen LogP contribution in [0.2, 0.25) is 0 Å². The molecule has 0 aliphatic rings. The van der Waals surface area contributed by atoms with E-state index in [4.69, 9.17) is 18.4 Å². The van der Waals surface area contributed by atoms with Crippen LogP contribution in [0, 0.1) is 18.3 Å². The van der Waals surface area contributed by atoms with Crippen LogP contribution in [0.15, 0.2) is 18.2 Å². The van der Waals surface area contributed by atoms with Gasteiger partial charge in [0.2, 0.25) is 5.95 Å². The highest BCUT2D eigenvalue weighted by Crippen LogP contribution is 2.41. The standard InChI is InChI=1S/C18H22F4N2O.CO2/c1-6-15-23-11(2)16(19)24(15)13-8-7-12(9-14(13)25-5)10-17(3,4)18(20,21)22;2-1-3/h7-9H,6,10H2,1-5H3;/i5D3;. The third-order valence-electron chi connectivity index (χ3n) is 4.15. The average molecular weight is 405 g/mol. The minimum absolute atomic E-state index is 0.0691. The fourth-order valence-corrected chi connectivity index (χ4v) is 2.59.